The summed E-state index contributed by atoms with van der Waals surface area (Å²) in [5.74, 6) is -0.466. The molecule has 2 rings (SSSR count). The molecule has 0 aliphatic carbocycles. The number of hydrogen-bond donors (Lipinski definition) is 2. The van der Waals surface area contributed by atoms with Crippen LogP contribution in [0.1, 0.15) is 43.5 Å². The van der Waals surface area contributed by atoms with Crippen molar-refractivity contribution >= 4 is 17.3 Å². The van der Waals surface area contributed by atoms with Crippen LogP contribution in [0.25, 0.3) is 0 Å². The Bertz CT molecular complexity index is 448. The Morgan fingerprint density at radius 1 is 1.28 bits per heavy atom. The van der Waals surface area contributed by atoms with E-state index in [4.69, 9.17) is 11.5 Å². The van der Waals surface area contributed by atoms with Gasteiger partial charge in [0, 0.05) is 23.5 Å². The van der Waals surface area contributed by atoms with Gasteiger partial charge in [-0.05, 0) is 51.3 Å². The smallest absolute Gasteiger partial charge is 0.250 e. The highest BCUT2D eigenvalue weighted by Crippen LogP contribution is 2.30. The van der Waals surface area contributed by atoms with Crippen molar-refractivity contribution in [2.75, 3.05) is 10.6 Å². The van der Waals surface area contributed by atoms with Crippen LogP contribution in [0.15, 0.2) is 18.2 Å². The number of nitrogens with zero attached hydrogens (tertiary/aromatic N) is 1. The number of benzene rings is 1. The van der Waals surface area contributed by atoms with Crippen molar-refractivity contribution in [1.82, 2.24) is 0 Å². The Morgan fingerprint density at radius 2 is 1.89 bits per heavy atom. The second kappa shape index (κ2) is 4.88. The van der Waals surface area contributed by atoms with Gasteiger partial charge in [-0.1, -0.05) is 0 Å². The number of rotatable bonds is 2. The molecule has 0 bridgehead atoms. The maximum atomic E-state index is 11.3. The molecule has 1 fully saturated rings. The van der Waals surface area contributed by atoms with E-state index in [2.05, 4.69) is 18.7 Å². The van der Waals surface area contributed by atoms with Crippen LogP contribution in [0, 0.1) is 0 Å². The van der Waals surface area contributed by atoms with E-state index in [1.807, 2.05) is 12.1 Å². The lowest BCUT2D eigenvalue weighted by molar-refractivity contribution is 0.100. The largest absolute Gasteiger partial charge is 0.398 e. The van der Waals surface area contributed by atoms with Crippen molar-refractivity contribution < 1.29 is 4.79 Å². The zero-order valence-electron chi connectivity index (χ0n) is 11.0. The predicted octanol–water partition coefficient (Wildman–Crippen LogP) is 2.14. The van der Waals surface area contributed by atoms with Gasteiger partial charge in [-0.3, -0.25) is 4.79 Å². The molecule has 0 aromatic heterocycles. The van der Waals surface area contributed by atoms with E-state index in [1.54, 1.807) is 6.07 Å². The molecular weight excluding hydrogens is 226 g/mol. The Hall–Kier alpha value is -1.71. The highest BCUT2D eigenvalue weighted by atomic mass is 16.1. The van der Waals surface area contributed by atoms with Crippen molar-refractivity contribution in [3.8, 4) is 0 Å². The quantitative estimate of drug-likeness (QED) is 0.786. The van der Waals surface area contributed by atoms with Crippen molar-refractivity contribution in [1.29, 1.82) is 0 Å². The summed E-state index contributed by atoms with van der Waals surface area (Å²) in [4.78, 5) is 13.7. The molecule has 2 unspecified atom stereocenters. The fraction of sp³-hybridized carbons (Fsp3) is 0.500. The standard InChI is InChI=1S/C14H21N3O/c1-9-4-3-5-10(2)17(9)11-6-7-13(15)12(8-11)14(16)18/h6-10H,3-5,15H2,1-2H3,(H2,16,18). The third-order valence-electron chi connectivity index (χ3n) is 3.79. The van der Waals surface area contributed by atoms with Gasteiger partial charge in [-0.2, -0.15) is 0 Å². The van der Waals surface area contributed by atoms with Gasteiger partial charge in [0.05, 0.1) is 5.56 Å². The predicted molar refractivity (Wildman–Crippen MR) is 74.6 cm³/mol. The third-order valence-corrected chi connectivity index (χ3v) is 3.79. The van der Waals surface area contributed by atoms with Gasteiger partial charge >= 0.3 is 0 Å². The van der Waals surface area contributed by atoms with Gasteiger partial charge in [-0.15, -0.1) is 0 Å². The van der Waals surface area contributed by atoms with Crippen molar-refractivity contribution in [3.05, 3.63) is 23.8 Å². The summed E-state index contributed by atoms with van der Waals surface area (Å²) in [6, 6.07) is 6.52. The van der Waals surface area contributed by atoms with E-state index in [9.17, 15) is 4.79 Å². The van der Waals surface area contributed by atoms with Crippen molar-refractivity contribution in [2.24, 2.45) is 5.73 Å². The first-order valence-corrected chi connectivity index (χ1v) is 6.48. The number of anilines is 2. The van der Waals surface area contributed by atoms with E-state index >= 15 is 0 Å². The maximum absolute atomic E-state index is 11.3. The summed E-state index contributed by atoms with van der Waals surface area (Å²) >= 11 is 0. The molecule has 0 saturated carbocycles. The Kier molecular flexibility index (Phi) is 3.45. The van der Waals surface area contributed by atoms with Crippen LogP contribution < -0.4 is 16.4 Å². The molecule has 2 atom stereocenters. The number of hydrogen-bond acceptors (Lipinski definition) is 3. The van der Waals surface area contributed by atoms with Gasteiger partial charge in [0.15, 0.2) is 0 Å². The molecule has 4 heteroatoms. The number of amides is 1. The monoisotopic (exact) mass is 247 g/mol. The zero-order valence-corrected chi connectivity index (χ0v) is 11.0. The van der Waals surface area contributed by atoms with E-state index in [1.165, 1.54) is 19.3 Å². The molecule has 18 heavy (non-hydrogen) atoms. The summed E-state index contributed by atoms with van der Waals surface area (Å²) in [5, 5.41) is 0. The minimum atomic E-state index is -0.466. The Balaban J connectivity index is 2.38. The van der Waals surface area contributed by atoms with Gasteiger partial charge in [0.1, 0.15) is 0 Å². The van der Waals surface area contributed by atoms with E-state index < -0.39 is 5.91 Å². The molecule has 1 amide bonds. The van der Waals surface area contributed by atoms with Crippen molar-refractivity contribution in [3.63, 3.8) is 0 Å². The minimum absolute atomic E-state index is 0.414. The highest BCUT2D eigenvalue weighted by molar-refractivity contribution is 5.99. The lowest BCUT2D eigenvalue weighted by atomic mass is 9.96. The lowest BCUT2D eigenvalue weighted by Crippen LogP contribution is -2.43. The molecule has 0 radical (unpaired) electrons. The molecule has 1 aliphatic rings. The number of carbonyl (C=O) groups excluding carboxylic acids is 1. The number of nitrogens with two attached hydrogens (primary N) is 2. The van der Waals surface area contributed by atoms with Crippen LogP contribution >= 0.6 is 0 Å². The first kappa shape index (κ1) is 12.7. The maximum Gasteiger partial charge on any atom is 0.250 e. The van der Waals surface area contributed by atoms with Crippen LogP contribution in [0.3, 0.4) is 0 Å². The van der Waals surface area contributed by atoms with Crippen LogP contribution in [0.2, 0.25) is 0 Å². The summed E-state index contributed by atoms with van der Waals surface area (Å²) in [6.07, 6.45) is 3.62. The SMILES string of the molecule is CC1CCCC(C)N1c1ccc(N)c(C(N)=O)c1. The van der Waals surface area contributed by atoms with Gasteiger partial charge < -0.3 is 16.4 Å². The number of carbonyl (C=O) groups is 1. The number of piperidine rings is 1. The average Bonchev–Trinajstić information content (AvgIpc) is 2.30. The van der Waals surface area contributed by atoms with Crippen LogP contribution in [-0.4, -0.2) is 18.0 Å². The van der Waals surface area contributed by atoms with E-state index in [-0.39, 0.29) is 0 Å². The summed E-state index contributed by atoms with van der Waals surface area (Å²) in [7, 11) is 0. The van der Waals surface area contributed by atoms with Gasteiger partial charge in [0.2, 0.25) is 0 Å². The number of primary amides is 1. The third kappa shape index (κ3) is 2.28. The van der Waals surface area contributed by atoms with Crippen molar-refractivity contribution in [2.45, 2.75) is 45.2 Å². The fourth-order valence-electron chi connectivity index (χ4n) is 2.85. The Labute approximate surface area is 108 Å². The summed E-state index contributed by atoms with van der Waals surface area (Å²) < 4.78 is 0. The first-order chi connectivity index (χ1) is 8.50. The zero-order chi connectivity index (χ0) is 13.3. The van der Waals surface area contributed by atoms with Crippen LogP contribution in [0.4, 0.5) is 11.4 Å². The second-order valence-corrected chi connectivity index (χ2v) is 5.17. The normalized spacial score (nSPS) is 24.0. The molecule has 1 aromatic rings. The summed E-state index contributed by atoms with van der Waals surface area (Å²) in [6.45, 7) is 4.44. The second-order valence-electron chi connectivity index (χ2n) is 5.17. The molecule has 4 nitrogen and oxygen atoms in total. The number of nitrogen functional groups attached to an aromatic ring is 1. The van der Waals surface area contributed by atoms with Gasteiger partial charge in [-0.25, -0.2) is 0 Å². The molecular formula is C14H21N3O. The minimum Gasteiger partial charge on any atom is -0.398 e. The topological polar surface area (TPSA) is 72.3 Å². The first-order valence-electron chi connectivity index (χ1n) is 6.48. The fourth-order valence-corrected chi connectivity index (χ4v) is 2.85. The molecule has 98 valence electrons. The molecule has 4 N–H and O–H groups in total. The van der Waals surface area contributed by atoms with Crippen LogP contribution in [-0.2, 0) is 0 Å². The molecule has 1 aliphatic heterocycles. The molecule has 1 heterocycles. The van der Waals surface area contributed by atoms with E-state index in [0.717, 1.165) is 5.69 Å². The molecule has 0 spiro atoms. The Morgan fingerprint density at radius 3 is 2.44 bits per heavy atom. The van der Waals surface area contributed by atoms with E-state index in [0.29, 0.717) is 23.3 Å². The molecule has 1 aromatic carbocycles. The van der Waals surface area contributed by atoms with Gasteiger partial charge in [0.25, 0.3) is 5.91 Å². The highest BCUT2D eigenvalue weighted by Gasteiger charge is 2.25. The molecule has 1 saturated heterocycles. The average molecular weight is 247 g/mol. The summed E-state index contributed by atoms with van der Waals surface area (Å²) in [5.41, 5.74) is 13.0. The van der Waals surface area contributed by atoms with Crippen LogP contribution in [0.5, 0.6) is 0 Å². The lowest BCUT2D eigenvalue weighted by Gasteiger charge is -2.41.